The standard InChI is InChI=1S/C16H23Cl2N3O2/c1-12(23-15-4-3-13(17)11-14(15)18)16(22)21-9-7-20(8-10-21)6-2-5-19/h3-4,11-12H,2,5-10,19H2,1H3. The first-order valence-corrected chi connectivity index (χ1v) is 8.59. The van der Waals surface area contributed by atoms with Crippen molar-refractivity contribution in [2.75, 3.05) is 39.3 Å². The molecule has 1 aliphatic heterocycles. The normalized spacial score (nSPS) is 17.1. The Labute approximate surface area is 147 Å². The van der Waals surface area contributed by atoms with Crippen LogP contribution in [0.3, 0.4) is 0 Å². The fraction of sp³-hybridized carbons (Fsp3) is 0.562. The number of halogens is 2. The first-order valence-electron chi connectivity index (χ1n) is 7.84. The molecule has 128 valence electrons. The number of rotatable bonds is 6. The molecule has 0 bridgehead atoms. The molecule has 0 aromatic heterocycles. The van der Waals surface area contributed by atoms with E-state index in [0.717, 1.165) is 26.1 Å². The minimum Gasteiger partial charge on any atom is -0.479 e. The molecule has 1 saturated heterocycles. The highest BCUT2D eigenvalue weighted by Gasteiger charge is 2.26. The van der Waals surface area contributed by atoms with Crippen LogP contribution in [-0.4, -0.2) is 61.1 Å². The Morgan fingerprint density at radius 1 is 1.30 bits per heavy atom. The number of hydrogen-bond donors (Lipinski definition) is 1. The molecule has 7 heteroatoms. The summed E-state index contributed by atoms with van der Waals surface area (Å²) < 4.78 is 5.69. The summed E-state index contributed by atoms with van der Waals surface area (Å²) in [6.07, 6.45) is 0.409. The van der Waals surface area contributed by atoms with Gasteiger partial charge in [0.15, 0.2) is 6.10 Å². The SMILES string of the molecule is CC(Oc1ccc(Cl)cc1Cl)C(=O)N1CCN(CCCN)CC1. The second-order valence-electron chi connectivity index (χ2n) is 5.64. The lowest BCUT2D eigenvalue weighted by Crippen LogP contribution is -2.52. The smallest absolute Gasteiger partial charge is 0.263 e. The van der Waals surface area contributed by atoms with Crippen molar-refractivity contribution in [2.45, 2.75) is 19.4 Å². The highest BCUT2D eigenvalue weighted by atomic mass is 35.5. The van der Waals surface area contributed by atoms with Crippen LogP contribution < -0.4 is 10.5 Å². The molecular weight excluding hydrogens is 337 g/mol. The van der Waals surface area contributed by atoms with Crippen molar-refractivity contribution in [1.82, 2.24) is 9.80 Å². The first kappa shape index (κ1) is 18.3. The molecule has 0 radical (unpaired) electrons. The number of nitrogens with two attached hydrogens (primary N) is 1. The molecule has 2 N–H and O–H groups in total. The van der Waals surface area contributed by atoms with Crippen LogP contribution in [0.1, 0.15) is 13.3 Å². The molecule has 0 aliphatic carbocycles. The van der Waals surface area contributed by atoms with Gasteiger partial charge in [0.25, 0.3) is 5.91 Å². The van der Waals surface area contributed by atoms with E-state index in [1.54, 1.807) is 25.1 Å². The van der Waals surface area contributed by atoms with E-state index >= 15 is 0 Å². The van der Waals surface area contributed by atoms with Crippen LogP contribution in [0.4, 0.5) is 0 Å². The van der Waals surface area contributed by atoms with Gasteiger partial charge < -0.3 is 15.4 Å². The van der Waals surface area contributed by atoms with Gasteiger partial charge in [-0.3, -0.25) is 9.69 Å². The lowest BCUT2D eigenvalue weighted by molar-refractivity contribution is -0.139. The third-order valence-electron chi connectivity index (χ3n) is 3.91. The minimum atomic E-state index is -0.579. The topological polar surface area (TPSA) is 58.8 Å². The summed E-state index contributed by atoms with van der Waals surface area (Å²) in [7, 11) is 0. The van der Waals surface area contributed by atoms with E-state index < -0.39 is 6.10 Å². The Morgan fingerprint density at radius 2 is 2.00 bits per heavy atom. The van der Waals surface area contributed by atoms with Crippen LogP contribution in [0, 0.1) is 0 Å². The Kier molecular flexibility index (Phi) is 6.96. The number of ether oxygens (including phenoxy) is 1. The lowest BCUT2D eigenvalue weighted by Gasteiger charge is -2.35. The monoisotopic (exact) mass is 359 g/mol. The number of nitrogens with zero attached hydrogens (tertiary/aromatic N) is 2. The molecule has 1 fully saturated rings. The summed E-state index contributed by atoms with van der Waals surface area (Å²) in [5, 5.41) is 0.943. The van der Waals surface area contributed by atoms with Crippen molar-refractivity contribution in [3.63, 3.8) is 0 Å². The maximum Gasteiger partial charge on any atom is 0.263 e. The van der Waals surface area contributed by atoms with Gasteiger partial charge in [-0.25, -0.2) is 0 Å². The molecule has 0 saturated carbocycles. The maximum absolute atomic E-state index is 12.5. The fourth-order valence-electron chi connectivity index (χ4n) is 2.58. The average Bonchev–Trinajstić information content (AvgIpc) is 2.55. The zero-order valence-corrected chi connectivity index (χ0v) is 14.8. The van der Waals surface area contributed by atoms with Gasteiger partial charge in [0.1, 0.15) is 5.75 Å². The molecule has 1 amide bonds. The van der Waals surface area contributed by atoms with E-state index in [2.05, 4.69) is 4.90 Å². The number of carbonyl (C=O) groups excluding carboxylic acids is 1. The van der Waals surface area contributed by atoms with Crippen LogP contribution in [0.25, 0.3) is 0 Å². The third-order valence-corrected chi connectivity index (χ3v) is 4.44. The van der Waals surface area contributed by atoms with E-state index in [1.165, 1.54) is 0 Å². The zero-order valence-electron chi connectivity index (χ0n) is 13.3. The van der Waals surface area contributed by atoms with Crippen LogP contribution >= 0.6 is 23.2 Å². The van der Waals surface area contributed by atoms with E-state index in [4.69, 9.17) is 33.7 Å². The van der Waals surface area contributed by atoms with Gasteiger partial charge in [0.2, 0.25) is 0 Å². The Hall–Kier alpha value is -1.01. The van der Waals surface area contributed by atoms with Gasteiger partial charge in [-0.1, -0.05) is 23.2 Å². The van der Waals surface area contributed by atoms with E-state index in [-0.39, 0.29) is 5.91 Å². The molecule has 0 spiro atoms. The molecular formula is C16H23Cl2N3O2. The average molecular weight is 360 g/mol. The summed E-state index contributed by atoms with van der Waals surface area (Å²) in [6.45, 7) is 6.61. The predicted octanol–water partition coefficient (Wildman–Crippen LogP) is 2.25. The highest BCUT2D eigenvalue weighted by molar-refractivity contribution is 6.35. The molecule has 1 aliphatic rings. The number of carbonyl (C=O) groups is 1. The number of hydrogen-bond acceptors (Lipinski definition) is 4. The van der Waals surface area contributed by atoms with Gasteiger partial charge in [0.05, 0.1) is 5.02 Å². The van der Waals surface area contributed by atoms with Crippen molar-refractivity contribution in [3.8, 4) is 5.75 Å². The summed E-state index contributed by atoms with van der Waals surface area (Å²) in [6, 6.07) is 4.97. The predicted molar refractivity (Wildman–Crippen MR) is 93.2 cm³/mol. The lowest BCUT2D eigenvalue weighted by atomic mass is 10.2. The Bertz CT molecular complexity index is 534. The Balaban J connectivity index is 1.85. The van der Waals surface area contributed by atoms with Crippen LogP contribution in [0.2, 0.25) is 10.0 Å². The zero-order chi connectivity index (χ0) is 16.8. The van der Waals surface area contributed by atoms with E-state index in [1.807, 2.05) is 4.90 Å². The first-order chi connectivity index (χ1) is 11.0. The van der Waals surface area contributed by atoms with Gasteiger partial charge in [-0.2, -0.15) is 0 Å². The molecule has 1 heterocycles. The number of piperazine rings is 1. The summed E-state index contributed by atoms with van der Waals surface area (Å²) in [4.78, 5) is 16.7. The van der Waals surface area contributed by atoms with Crippen molar-refractivity contribution in [3.05, 3.63) is 28.2 Å². The molecule has 2 rings (SSSR count). The largest absolute Gasteiger partial charge is 0.479 e. The quantitative estimate of drug-likeness (QED) is 0.846. The van der Waals surface area contributed by atoms with Gasteiger partial charge >= 0.3 is 0 Å². The minimum absolute atomic E-state index is 0.0190. The maximum atomic E-state index is 12.5. The molecule has 1 aromatic carbocycles. The van der Waals surface area contributed by atoms with E-state index in [0.29, 0.717) is 35.4 Å². The number of benzene rings is 1. The van der Waals surface area contributed by atoms with E-state index in [9.17, 15) is 4.79 Å². The van der Waals surface area contributed by atoms with Gasteiger partial charge in [-0.15, -0.1) is 0 Å². The van der Waals surface area contributed by atoms with Crippen molar-refractivity contribution in [1.29, 1.82) is 0 Å². The summed E-state index contributed by atoms with van der Waals surface area (Å²) >= 11 is 11.9. The molecule has 23 heavy (non-hydrogen) atoms. The molecule has 1 unspecified atom stereocenters. The van der Waals surface area contributed by atoms with Crippen molar-refractivity contribution < 1.29 is 9.53 Å². The second-order valence-corrected chi connectivity index (χ2v) is 6.49. The van der Waals surface area contributed by atoms with Gasteiger partial charge in [0, 0.05) is 31.2 Å². The third kappa shape index (κ3) is 5.24. The second kappa shape index (κ2) is 8.73. The summed E-state index contributed by atoms with van der Waals surface area (Å²) in [5.41, 5.74) is 5.53. The van der Waals surface area contributed by atoms with Crippen molar-refractivity contribution in [2.24, 2.45) is 5.73 Å². The van der Waals surface area contributed by atoms with Crippen molar-refractivity contribution >= 4 is 29.1 Å². The molecule has 5 nitrogen and oxygen atoms in total. The van der Waals surface area contributed by atoms with Crippen LogP contribution in [0.15, 0.2) is 18.2 Å². The number of amides is 1. The van der Waals surface area contributed by atoms with Gasteiger partial charge in [-0.05, 0) is 44.6 Å². The van der Waals surface area contributed by atoms with Crippen LogP contribution in [-0.2, 0) is 4.79 Å². The Morgan fingerprint density at radius 3 is 2.61 bits per heavy atom. The fourth-order valence-corrected chi connectivity index (χ4v) is 3.03. The highest BCUT2D eigenvalue weighted by Crippen LogP contribution is 2.28. The molecule has 1 atom stereocenters. The molecule has 1 aromatic rings. The summed E-state index contributed by atoms with van der Waals surface area (Å²) in [5.74, 6) is 0.452. The van der Waals surface area contributed by atoms with Crippen LogP contribution in [0.5, 0.6) is 5.75 Å².